The van der Waals surface area contributed by atoms with E-state index in [0.29, 0.717) is 29.3 Å². The zero-order valence-corrected chi connectivity index (χ0v) is 16.9. The van der Waals surface area contributed by atoms with Crippen molar-refractivity contribution < 1.29 is 56.2 Å². The van der Waals surface area contributed by atoms with Crippen LogP contribution in [-0.2, 0) is 12.4 Å². The SMILES string of the molecule is CCC(C)Oc1ccc(PC(=O)c2c(C(F)(F)F)cccc2C(F)(F)F)cc1.[H-].[Li+]. The molecular formula is C19H18F6LiO2P. The Morgan fingerprint density at radius 1 is 1.00 bits per heavy atom. The molecule has 0 bridgehead atoms. The van der Waals surface area contributed by atoms with Crippen molar-refractivity contribution in [2.24, 2.45) is 0 Å². The van der Waals surface area contributed by atoms with Crippen molar-refractivity contribution in [3.63, 3.8) is 0 Å². The number of hydrogen-bond donors (Lipinski definition) is 0. The van der Waals surface area contributed by atoms with Crippen LogP contribution < -0.4 is 28.9 Å². The van der Waals surface area contributed by atoms with Gasteiger partial charge in [-0.3, -0.25) is 4.79 Å². The third-order valence-electron chi connectivity index (χ3n) is 3.93. The van der Waals surface area contributed by atoms with Gasteiger partial charge >= 0.3 is 31.2 Å². The van der Waals surface area contributed by atoms with E-state index in [-0.39, 0.29) is 26.4 Å². The Kier molecular flexibility index (Phi) is 8.83. The molecular weight excluding hydrogens is 412 g/mol. The van der Waals surface area contributed by atoms with E-state index >= 15 is 0 Å². The van der Waals surface area contributed by atoms with Gasteiger partial charge in [-0.15, -0.1) is 0 Å². The van der Waals surface area contributed by atoms with Gasteiger partial charge in [-0.2, -0.15) is 26.3 Å². The van der Waals surface area contributed by atoms with Crippen molar-refractivity contribution in [1.29, 1.82) is 0 Å². The summed E-state index contributed by atoms with van der Waals surface area (Å²) in [7, 11) is -0.895. The summed E-state index contributed by atoms with van der Waals surface area (Å²) in [5, 5.41) is 0.312. The fourth-order valence-electron chi connectivity index (χ4n) is 2.40. The summed E-state index contributed by atoms with van der Waals surface area (Å²) < 4.78 is 84.7. The zero-order valence-electron chi connectivity index (χ0n) is 16.9. The number of carbonyl (C=O) groups excluding carboxylic acids is 1. The van der Waals surface area contributed by atoms with Crippen molar-refractivity contribution in [1.82, 2.24) is 0 Å². The van der Waals surface area contributed by atoms with Crippen molar-refractivity contribution in [2.45, 2.75) is 38.7 Å². The summed E-state index contributed by atoms with van der Waals surface area (Å²) in [5.41, 5.74) is -5.75. The van der Waals surface area contributed by atoms with Crippen molar-refractivity contribution in [3.05, 3.63) is 59.2 Å². The first-order chi connectivity index (χ1) is 12.9. The summed E-state index contributed by atoms with van der Waals surface area (Å²) in [6.45, 7) is 3.78. The van der Waals surface area contributed by atoms with E-state index in [0.717, 1.165) is 6.42 Å². The third-order valence-corrected chi connectivity index (χ3v) is 5.03. The predicted molar refractivity (Wildman–Crippen MR) is 96.7 cm³/mol. The Morgan fingerprint density at radius 2 is 1.48 bits per heavy atom. The topological polar surface area (TPSA) is 26.3 Å². The second kappa shape index (κ2) is 10.0. The van der Waals surface area contributed by atoms with Gasteiger partial charge in [-0.1, -0.05) is 25.1 Å². The van der Waals surface area contributed by atoms with E-state index < -0.39 is 43.1 Å². The fourth-order valence-corrected chi connectivity index (χ4v) is 3.39. The van der Waals surface area contributed by atoms with Crippen molar-refractivity contribution in [2.75, 3.05) is 0 Å². The van der Waals surface area contributed by atoms with Crippen molar-refractivity contribution in [3.8, 4) is 5.75 Å². The van der Waals surface area contributed by atoms with Gasteiger partial charge < -0.3 is 6.16 Å². The molecule has 2 unspecified atom stereocenters. The molecule has 0 aliphatic rings. The summed E-state index contributed by atoms with van der Waals surface area (Å²) in [4.78, 5) is 12.4. The molecule has 0 radical (unpaired) electrons. The molecule has 29 heavy (non-hydrogen) atoms. The minimum absolute atomic E-state index is 0. The first kappa shape index (κ1) is 25.6. The molecule has 2 rings (SSSR count). The maximum Gasteiger partial charge on any atom is 1.00 e. The summed E-state index contributed by atoms with van der Waals surface area (Å²) in [6.07, 6.45) is -9.45. The van der Waals surface area contributed by atoms with Gasteiger partial charge in [0.15, 0.2) is 5.52 Å². The van der Waals surface area contributed by atoms with Gasteiger partial charge in [0.2, 0.25) is 0 Å². The zero-order chi connectivity index (χ0) is 21.1. The minimum atomic E-state index is -5.08. The standard InChI is InChI=1S/C19H17F6O2P.Li.H/c1-3-11(2)27-12-7-9-13(10-8-12)28-17(26)16-14(18(20,21)22)5-4-6-15(16)19(23,24)25;;/h4-11,28H,3H2,1-2H3;;/q;+1;-1. The molecule has 0 heterocycles. The first-order valence-corrected chi connectivity index (χ1v) is 9.29. The maximum atomic E-state index is 13.2. The molecule has 2 atom stereocenters. The monoisotopic (exact) mass is 430 g/mol. The number of carbonyl (C=O) groups is 1. The van der Waals surface area contributed by atoms with Crippen LogP contribution in [0.3, 0.4) is 0 Å². The molecule has 0 saturated heterocycles. The van der Waals surface area contributed by atoms with E-state index in [2.05, 4.69) is 0 Å². The Hall–Kier alpha value is -1.48. The molecule has 0 amide bonds. The molecule has 0 aliphatic heterocycles. The van der Waals surface area contributed by atoms with Crippen molar-refractivity contribution >= 4 is 19.4 Å². The molecule has 10 heteroatoms. The summed E-state index contributed by atoms with van der Waals surface area (Å²) in [5.74, 6) is 0.502. The number of halogens is 6. The van der Waals surface area contributed by atoms with Crippen LogP contribution in [0.5, 0.6) is 5.75 Å². The van der Waals surface area contributed by atoms with Crippen LogP contribution in [0.4, 0.5) is 26.3 Å². The molecule has 154 valence electrons. The Labute approximate surface area is 179 Å². The van der Waals surface area contributed by atoms with E-state index in [4.69, 9.17) is 4.74 Å². The molecule has 0 N–H and O–H groups in total. The van der Waals surface area contributed by atoms with Crippen LogP contribution in [0.25, 0.3) is 0 Å². The second-order valence-electron chi connectivity index (χ2n) is 6.04. The molecule has 0 spiro atoms. The van der Waals surface area contributed by atoms with E-state index in [9.17, 15) is 31.1 Å². The van der Waals surface area contributed by atoms with Gasteiger partial charge in [-0.05, 0) is 51.5 Å². The van der Waals surface area contributed by atoms with Crippen LogP contribution in [-0.4, -0.2) is 11.6 Å². The van der Waals surface area contributed by atoms with Gasteiger partial charge in [0.25, 0.3) is 0 Å². The summed E-state index contributed by atoms with van der Waals surface area (Å²) >= 11 is 0. The van der Waals surface area contributed by atoms with E-state index in [1.165, 1.54) is 24.3 Å². The van der Waals surface area contributed by atoms with Crippen LogP contribution >= 0.6 is 8.58 Å². The number of alkyl halides is 6. The Bertz CT molecular complexity index is 808. The maximum absolute atomic E-state index is 13.2. The van der Waals surface area contributed by atoms with Crippen LogP contribution in [0, 0.1) is 0 Å². The molecule has 0 fully saturated rings. The molecule has 0 saturated carbocycles. The molecule has 2 aromatic carbocycles. The minimum Gasteiger partial charge on any atom is -1.00 e. The fraction of sp³-hybridized carbons (Fsp3) is 0.316. The van der Waals surface area contributed by atoms with Gasteiger partial charge in [0, 0.05) is 5.56 Å². The normalized spacial score (nSPS) is 13.2. The average Bonchev–Trinajstić information content (AvgIpc) is 2.61. The quantitative estimate of drug-likeness (QED) is 0.400. The third kappa shape index (κ3) is 6.77. The largest absolute Gasteiger partial charge is 1.00 e. The molecule has 0 aromatic heterocycles. The number of ether oxygens (including phenoxy) is 1. The average molecular weight is 430 g/mol. The molecule has 0 aliphatic carbocycles. The second-order valence-corrected chi connectivity index (χ2v) is 7.32. The van der Waals surface area contributed by atoms with E-state index in [1.54, 1.807) is 0 Å². The number of rotatable bonds is 6. The predicted octanol–water partition coefficient (Wildman–Crippen LogP) is 3.16. The van der Waals surface area contributed by atoms with Gasteiger partial charge in [-0.25, -0.2) is 0 Å². The number of benzene rings is 2. The molecule has 2 nitrogen and oxygen atoms in total. The van der Waals surface area contributed by atoms with Crippen LogP contribution in [0.15, 0.2) is 42.5 Å². The molecule has 2 aromatic rings. The first-order valence-electron chi connectivity index (χ1n) is 8.29. The van der Waals surface area contributed by atoms with Gasteiger partial charge in [0.1, 0.15) is 5.75 Å². The van der Waals surface area contributed by atoms with E-state index in [1.807, 2.05) is 13.8 Å². The Morgan fingerprint density at radius 3 is 1.90 bits per heavy atom. The number of hydrogen-bond acceptors (Lipinski definition) is 2. The summed E-state index contributed by atoms with van der Waals surface area (Å²) in [6, 6.07) is 7.58. The van der Waals surface area contributed by atoms with Crippen LogP contribution in [0.2, 0.25) is 0 Å². The van der Waals surface area contributed by atoms with Crippen LogP contribution in [0.1, 0.15) is 43.2 Å². The Balaban J connectivity index is 0.00000420. The van der Waals surface area contributed by atoms with Gasteiger partial charge in [0.05, 0.1) is 17.2 Å². The smallest absolute Gasteiger partial charge is 1.00 e.